The molecule has 0 spiro atoms. The second kappa shape index (κ2) is 6.23. The third-order valence-corrected chi connectivity index (χ3v) is 0.813. The molecule has 0 aromatic rings. The van der Waals surface area contributed by atoms with Crippen LogP contribution in [0.15, 0.2) is 12.2 Å². The minimum atomic E-state index is 0.954. The van der Waals surface area contributed by atoms with Crippen LogP contribution in [0.5, 0.6) is 0 Å². The van der Waals surface area contributed by atoms with Gasteiger partial charge in [-0.05, 0) is 12.8 Å². The Balaban J connectivity index is 2.94. The summed E-state index contributed by atoms with van der Waals surface area (Å²) in [6.45, 7) is 3.67. The molecule has 0 saturated heterocycles. The number of nitrogens with zero attached hydrogens (tertiary/aromatic N) is 1. The highest BCUT2D eigenvalue weighted by atomic mass is 14.2. The van der Waals surface area contributed by atoms with E-state index < -0.39 is 0 Å². The van der Waals surface area contributed by atoms with E-state index >= 15 is 0 Å². The summed E-state index contributed by atoms with van der Waals surface area (Å²) in [6.07, 6.45) is 6.39. The minimum absolute atomic E-state index is 0.954. The molecule has 0 heterocycles. The van der Waals surface area contributed by atoms with Gasteiger partial charge in [-0.2, -0.15) is 5.26 Å². The molecule has 0 rings (SSSR count). The van der Waals surface area contributed by atoms with E-state index in [-0.39, 0.29) is 0 Å². The van der Waals surface area contributed by atoms with Gasteiger partial charge >= 0.3 is 0 Å². The zero-order chi connectivity index (χ0) is 6.24. The second-order valence-corrected chi connectivity index (χ2v) is 1.53. The van der Waals surface area contributed by atoms with Crippen molar-refractivity contribution in [2.24, 2.45) is 0 Å². The van der Waals surface area contributed by atoms with Crippen molar-refractivity contribution in [2.75, 3.05) is 0 Å². The summed E-state index contributed by atoms with van der Waals surface area (Å²) >= 11 is 0. The number of rotatable bonds is 3. The zero-order valence-electron chi connectivity index (χ0n) is 4.93. The molecular weight excluding hydrogens is 98.1 g/mol. The van der Waals surface area contributed by atoms with Crippen molar-refractivity contribution >= 4 is 0 Å². The van der Waals surface area contributed by atoms with Crippen LogP contribution in [0.3, 0.4) is 0 Å². The fourth-order valence-corrected chi connectivity index (χ4v) is 0.398. The SMILES string of the molecule is [CH2]CCCC=CC#N. The van der Waals surface area contributed by atoms with Crippen LogP contribution >= 0.6 is 0 Å². The highest BCUT2D eigenvalue weighted by Crippen LogP contribution is 1.92. The first-order chi connectivity index (χ1) is 3.91. The smallest absolute Gasteiger partial charge is 0.0908 e. The van der Waals surface area contributed by atoms with Crippen LogP contribution in [0, 0.1) is 18.3 Å². The number of unbranched alkanes of at least 4 members (excludes halogenated alkanes) is 2. The first-order valence-electron chi connectivity index (χ1n) is 2.75. The van der Waals surface area contributed by atoms with E-state index in [2.05, 4.69) is 6.92 Å². The van der Waals surface area contributed by atoms with E-state index in [0.29, 0.717) is 0 Å². The fourth-order valence-electron chi connectivity index (χ4n) is 0.398. The van der Waals surface area contributed by atoms with Crippen LogP contribution < -0.4 is 0 Å². The molecule has 0 amide bonds. The molecule has 0 N–H and O–H groups in total. The summed E-state index contributed by atoms with van der Waals surface area (Å²) in [4.78, 5) is 0. The number of hydrogen-bond acceptors (Lipinski definition) is 1. The molecule has 0 aliphatic rings. The lowest BCUT2D eigenvalue weighted by molar-refractivity contribution is 0.866. The van der Waals surface area contributed by atoms with Gasteiger partial charge in [-0.25, -0.2) is 0 Å². The van der Waals surface area contributed by atoms with Gasteiger partial charge in [-0.15, -0.1) is 0 Å². The number of nitriles is 1. The van der Waals surface area contributed by atoms with Gasteiger partial charge in [0.2, 0.25) is 0 Å². The Morgan fingerprint density at radius 1 is 1.62 bits per heavy atom. The predicted molar refractivity (Wildman–Crippen MR) is 34.0 cm³/mol. The first kappa shape index (κ1) is 7.23. The molecule has 0 aliphatic heterocycles. The Labute approximate surface area is 50.6 Å². The normalized spacial score (nSPS) is 9.50. The third kappa shape index (κ3) is 5.23. The summed E-state index contributed by atoms with van der Waals surface area (Å²) < 4.78 is 0. The Morgan fingerprint density at radius 2 is 2.38 bits per heavy atom. The van der Waals surface area contributed by atoms with Gasteiger partial charge in [-0.1, -0.05) is 19.4 Å². The maximum Gasteiger partial charge on any atom is 0.0908 e. The Bertz CT molecular complexity index is 97.4. The van der Waals surface area contributed by atoms with Gasteiger partial charge < -0.3 is 0 Å². The largest absolute Gasteiger partial charge is 0.193 e. The molecule has 0 unspecified atom stereocenters. The lowest BCUT2D eigenvalue weighted by Gasteiger charge is -1.83. The molecule has 1 radical (unpaired) electrons. The highest BCUT2D eigenvalue weighted by Gasteiger charge is 1.74. The van der Waals surface area contributed by atoms with Crippen molar-refractivity contribution in [3.8, 4) is 6.07 Å². The van der Waals surface area contributed by atoms with Crippen molar-refractivity contribution in [3.63, 3.8) is 0 Å². The molecule has 8 heavy (non-hydrogen) atoms. The summed E-state index contributed by atoms with van der Waals surface area (Å²) in [5.74, 6) is 0. The molecular formula is C7H10N. The van der Waals surface area contributed by atoms with Gasteiger partial charge in [-0.3, -0.25) is 0 Å². The average molecular weight is 108 g/mol. The van der Waals surface area contributed by atoms with E-state index in [1.54, 1.807) is 0 Å². The average Bonchev–Trinajstić information content (AvgIpc) is 1.81. The molecule has 0 aliphatic carbocycles. The van der Waals surface area contributed by atoms with Crippen LogP contribution in [0.2, 0.25) is 0 Å². The van der Waals surface area contributed by atoms with Crippen molar-refractivity contribution in [1.82, 2.24) is 0 Å². The maximum absolute atomic E-state index is 8.01. The summed E-state index contributed by atoms with van der Waals surface area (Å²) in [6, 6.07) is 1.93. The molecule has 0 fully saturated rings. The summed E-state index contributed by atoms with van der Waals surface area (Å²) in [7, 11) is 0. The summed E-state index contributed by atoms with van der Waals surface area (Å²) in [5, 5.41) is 8.01. The quantitative estimate of drug-likeness (QED) is 0.401. The fraction of sp³-hybridized carbons (Fsp3) is 0.429. The van der Waals surface area contributed by atoms with Crippen LogP contribution in [0.4, 0.5) is 0 Å². The van der Waals surface area contributed by atoms with Crippen LogP contribution in [-0.2, 0) is 0 Å². The second-order valence-electron chi connectivity index (χ2n) is 1.53. The molecule has 0 saturated carbocycles. The number of allylic oxidation sites excluding steroid dienone is 2. The van der Waals surface area contributed by atoms with E-state index in [9.17, 15) is 0 Å². The van der Waals surface area contributed by atoms with Crippen molar-refractivity contribution in [1.29, 1.82) is 5.26 Å². The van der Waals surface area contributed by atoms with E-state index in [4.69, 9.17) is 5.26 Å². The Morgan fingerprint density at radius 3 is 2.88 bits per heavy atom. The monoisotopic (exact) mass is 108 g/mol. The lowest BCUT2D eigenvalue weighted by atomic mass is 10.2. The van der Waals surface area contributed by atoms with Gasteiger partial charge in [0.1, 0.15) is 0 Å². The molecule has 1 heteroatoms. The van der Waals surface area contributed by atoms with E-state index in [0.717, 1.165) is 19.3 Å². The van der Waals surface area contributed by atoms with Crippen molar-refractivity contribution < 1.29 is 0 Å². The minimum Gasteiger partial charge on any atom is -0.193 e. The van der Waals surface area contributed by atoms with Gasteiger partial charge in [0.25, 0.3) is 0 Å². The molecule has 43 valence electrons. The van der Waals surface area contributed by atoms with E-state index in [1.807, 2.05) is 12.1 Å². The van der Waals surface area contributed by atoms with Gasteiger partial charge in [0, 0.05) is 6.08 Å². The predicted octanol–water partition coefficient (Wildman–Crippen LogP) is 2.07. The Kier molecular flexibility index (Phi) is 5.63. The van der Waals surface area contributed by atoms with Gasteiger partial charge in [0.05, 0.1) is 6.07 Å². The topological polar surface area (TPSA) is 23.8 Å². The molecule has 0 aromatic carbocycles. The third-order valence-electron chi connectivity index (χ3n) is 0.813. The maximum atomic E-state index is 8.01. The van der Waals surface area contributed by atoms with E-state index in [1.165, 1.54) is 6.08 Å². The molecule has 0 aromatic heterocycles. The van der Waals surface area contributed by atoms with Crippen molar-refractivity contribution in [2.45, 2.75) is 19.3 Å². The Hall–Kier alpha value is -0.770. The first-order valence-corrected chi connectivity index (χ1v) is 2.75. The lowest BCUT2D eigenvalue weighted by Crippen LogP contribution is -1.64. The molecule has 1 nitrogen and oxygen atoms in total. The standard InChI is InChI=1S/C7H10N/c1-2-3-4-5-6-7-8/h5-6H,1-4H2. The highest BCUT2D eigenvalue weighted by molar-refractivity contribution is 5.01. The summed E-state index contributed by atoms with van der Waals surface area (Å²) in [5.41, 5.74) is 0. The molecule has 0 bridgehead atoms. The van der Waals surface area contributed by atoms with Crippen LogP contribution in [-0.4, -0.2) is 0 Å². The van der Waals surface area contributed by atoms with Crippen LogP contribution in [0.25, 0.3) is 0 Å². The zero-order valence-corrected chi connectivity index (χ0v) is 4.93. The van der Waals surface area contributed by atoms with Crippen LogP contribution in [0.1, 0.15) is 19.3 Å². The number of hydrogen-bond donors (Lipinski definition) is 0. The van der Waals surface area contributed by atoms with Crippen molar-refractivity contribution in [3.05, 3.63) is 19.1 Å². The van der Waals surface area contributed by atoms with Gasteiger partial charge in [0.15, 0.2) is 0 Å². The molecule has 0 atom stereocenters.